The van der Waals surface area contributed by atoms with E-state index in [4.69, 9.17) is 0 Å². The molecule has 2 N–H and O–H groups in total. The lowest BCUT2D eigenvalue weighted by atomic mass is 9.82. The van der Waals surface area contributed by atoms with Crippen molar-refractivity contribution in [1.82, 2.24) is 5.32 Å². The van der Waals surface area contributed by atoms with E-state index in [2.05, 4.69) is 5.32 Å². The number of aliphatic carboxylic acids is 1. The van der Waals surface area contributed by atoms with Crippen LogP contribution >= 0.6 is 0 Å². The lowest BCUT2D eigenvalue weighted by molar-refractivity contribution is -0.142. The van der Waals surface area contributed by atoms with E-state index in [9.17, 15) is 23.1 Å². The van der Waals surface area contributed by atoms with Gasteiger partial charge < -0.3 is 10.4 Å². The van der Waals surface area contributed by atoms with Crippen molar-refractivity contribution in [3.8, 4) is 0 Å². The van der Waals surface area contributed by atoms with Crippen LogP contribution in [-0.4, -0.2) is 38.2 Å². The van der Waals surface area contributed by atoms with Crippen LogP contribution in [0.15, 0.2) is 53.4 Å². The van der Waals surface area contributed by atoms with Gasteiger partial charge in [0.05, 0.1) is 4.90 Å². The Kier molecular flexibility index (Phi) is 6.05. The van der Waals surface area contributed by atoms with E-state index in [0.29, 0.717) is 17.5 Å². The van der Waals surface area contributed by atoms with Gasteiger partial charge in [0, 0.05) is 18.4 Å². The summed E-state index contributed by atoms with van der Waals surface area (Å²) in [5.41, 5.74) is 0.189. The second kappa shape index (κ2) is 7.92. The summed E-state index contributed by atoms with van der Waals surface area (Å²) in [5, 5.41) is 12.3. The summed E-state index contributed by atoms with van der Waals surface area (Å²) < 4.78 is 23.6. The van der Waals surface area contributed by atoms with Gasteiger partial charge in [0.15, 0.2) is 9.84 Å². The summed E-state index contributed by atoms with van der Waals surface area (Å²) in [6.07, 6.45) is 1.62. The predicted octanol–water partition coefficient (Wildman–Crippen LogP) is 2.42. The van der Waals surface area contributed by atoms with Crippen LogP contribution in [0.2, 0.25) is 0 Å². The summed E-state index contributed by atoms with van der Waals surface area (Å²) in [4.78, 5) is 24.6. The molecule has 0 bridgehead atoms. The minimum absolute atomic E-state index is 0.0499. The maximum Gasteiger partial charge on any atom is 0.315 e. The van der Waals surface area contributed by atoms with Crippen molar-refractivity contribution >= 4 is 21.7 Å². The molecule has 2 aromatic rings. The quantitative estimate of drug-likeness (QED) is 0.757. The van der Waals surface area contributed by atoms with Crippen LogP contribution in [0.1, 0.15) is 35.3 Å². The minimum Gasteiger partial charge on any atom is -0.481 e. The topological polar surface area (TPSA) is 101 Å². The number of hydrogen-bond acceptors (Lipinski definition) is 4. The molecule has 6 nitrogen and oxygen atoms in total. The third kappa shape index (κ3) is 4.54. The fourth-order valence-corrected chi connectivity index (χ4v) is 3.41. The van der Waals surface area contributed by atoms with E-state index in [1.807, 2.05) is 6.92 Å². The van der Waals surface area contributed by atoms with Gasteiger partial charge in [-0.1, -0.05) is 43.3 Å². The Hall–Kier alpha value is -2.67. The van der Waals surface area contributed by atoms with Crippen LogP contribution in [0.25, 0.3) is 0 Å². The molecule has 1 atom stereocenters. The molecule has 1 unspecified atom stereocenters. The van der Waals surface area contributed by atoms with Gasteiger partial charge in [-0.15, -0.1) is 0 Å². The maximum atomic E-state index is 12.7. The Bertz CT molecular complexity index is 954. The summed E-state index contributed by atoms with van der Waals surface area (Å²) in [7, 11) is -3.46. The zero-order valence-corrected chi connectivity index (χ0v) is 16.3. The first-order valence-electron chi connectivity index (χ1n) is 8.49. The molecule has 27 heavy (non-hydrogen) atoms. The fraction of sp³-hybridized carbons (Fsp3) is 0.300. The molecule has 0 spiro atoms. The first-order chi connectivity index (χ1) is 12.6. The molecule has 0 saturated heterocycles. The van der Waals surface area contributed by atoms with E-state index in [0.717, 1.165) is 6.26 Å². The summed E-state index contributed by atoms with van der Waals surface area (Å²) in [6.45, 7) is 3.27. The number of rotatable bonds is 7. The Morgan fingerprint density at radius 3 is 2.26 bits per heavy atom. The van der Waals surface area contributed by atoms with E-state index in [-0.39, 0.29) is 17.0 Å². The summed E-state index contributed by atoms with van der Waals surface area (Å²) >= 11 is 0. The molecular formula is C20H23NO5S. The number of carbonyl (C=O) groups is 2. The molecule has 0 saturated carbocycles. The second-order valence-corrected chi connectivity index (χ2v) is 8.65. The number of aryl methyl sites for hydroxylation is 1. The standard InChI is InChI=1S/C20H23NO5S/c1-4-14-10-11-16(27(3,25)26)12-17(14)18(22)21-13-20(2,19(23)24)15-8-6-5-7-9-15/h5-12H,4,13H2,1-3H3,(H,21,22)(H,23,24). The number of hydrogen-bond donors (Lipinski definition) is 2. The van der Waals surface area contributed by atoms with Crippen molar-refractivity contribution in [1.29, 1.82) is 0 Å². The smallest absolute Gasteiger partial charge is 0.315 e. The van der Waals surface area contributed by atoms with Crippen LogP contribution in [-0.2, 0) is 26.5 Å². The van der Waals surface area contributed by atoms with Gasteiger partial charge in [0.25, 0.3) is 5.91 Å². The number of amides is 1. The van der Waals surface area contributed by atoms with E-state index >= 15 is 0 Å². The van der Waals surface area contributed by atoms with Crippen molar-refractivity contribution in [2.45, 2.75) is 30.6 Å². The lowest BCUT2D eigenvalue weighted by Crippen LogP contribution is -2.44. The normalized spacial score (nSPS) is 13.6. The number of carboxylic acid groups (broad SMARTS) is 1. The summed E-state index contributed by atoms with van der Waals surface area (Å²) in [6, 6.07) is 13.1. The van der Waals surface area contributed by atoms with Crippen molar-refractivity contribution < 1.29 is 23.1 Å². The van der Waals surface area contributed by atoms with Crippen molar-refractivity contribution in [3.05, 3.63) is 65.2 Å². The Labute approximate surface area is 159 Å². The van der Waals surface area contributed by atoms with Crippen LogP contribution in [0.4, 0.5) is 0 Å². The van der Waals surface area contributed by atoms with Crippen molar-refractivity contribution in [2.24, 2.45) is 0 Å². The van der Waals surface area contributed by atoms with Crippen molar-refractivity contribution in [3.63, 3.8) is 0 Å². The minimum atomic E-state index is -3.46. The molecule has 0 heterocycles. The maximum absolute atomic E-state index is 12.7. The average molecular weight is 389 g/mol. The molecule has 1 amide bonds. The highest BCUT2D eigenvalue weighted by Crippen LogP contribution is 2.24. The van der Waals surface area contributed by atoms with Gasteiger partial charge in [0.2, 0.25) is 0 Å². The van der Waals surface area contributed by atoms with Crippen molar-refractivity contribution in [2.75, 3.05) is 12.8 Å². The van der Waals surface area contributed by atoms with E-state index in [1.165, 1.54) is 12.1 Å². The molecule has 0 aromatic heterocycles. The molecular weight excluding hydrogens is 366 g/mol. The molecule has 0 aliphatic carbocycles. The zero-order chi connectivity index (χ0) is 20.2. The van der Waals surface area contributed by atoms with Crippen LogP contribution in [0.3, 0.4) is 0 Å². The van der Waals surface area contributed by atoms with E-state index in [1.54, 1.807) is 43.3 Å². The van der Waals surface area contributed by atoms with Crippen LogP contribution in [0.5, 0.6) is 0 Å². The largest absolute Gasteiger partial charge is 0.481 e. The van der Waals surface area contributed by atoms with Gasteiger partial charge in [-0.25, -0.2) is 8.42 Å². The van der Waals surface area contributed by atoms with Gasteiger partial charge in [-0.2, -0.15) is 0 Å². The molecule has 2 aromatic carbocycles. The highest BCUT2D eigenvalue weighted by Gasteiger charge is 2.35. The first-order valence-corrected chi connectivity index (χ1v) is 10.4. The SMILES string of the molecule is CCc1ccc(S(C)(=O)=O)cc1C(=O)NCC(C)(C(=O)O)c1ccccc1. The third-order valence-corrected chi connectivity index (χ3v) is 5.73. The van der Waals surface area contributed by atoms with E-state index < -0.39 is 27.1 Å². The highest BCUT2D eigenvalue weighted by atomic mass is 32.2. The van der Waals surface area contributed by atoms with Gasteiger partial charge in [0.1, 0.15) is 5.41 Å². The molecule has 0 fully saturated rings. The zero-order valence-electron chi connectivity index (χ0n) is 15.5. The first kappa shape index (κ1) is 20.6. The Morgan fingerprint density at radius 2 is 1.74 bits per heavy atom. The summed E-state index contributed by atoms with van der Waals surface area (Å²) in [5.74, 6) is -1.56. The number of carboxylic acids is 1. The molecule has 7 heteroatoms. The van der Waals surface area contributed by atoms with Gasteiger partial charge >= 0.3 is 5.97 Å². The molecule has 2 rings (SSSR count). The van der Waals surface area contributed by atoms with Crippen LogP contribution < -0.4 is 5.32 Å². The van der Waals surface area contributed by atoms with Crippen LogP contribution in [0, 0.1) is 0 Å². The predicted molar refractivity (Wildman–Crippen MR) is 103 cm³/mol. The monoisotopic (exact) mass is 389 g/mol. The third-order valence-electron chi connectivity index (χ3n) is 4.62. The second-order valence-electron chi connectivity index (χ2n) is 6.63. The highest BCUT2D eigenvalue weighted by molar-refractivity contribution is 7.90. The Balaban J connectivity index is 2.32. The Morgan fingerprint density at radius 1 is 1.11 bits per heavy atom. The average Bonchev–Trinajstić information content (AvgIpc) is 2.65. The molecule has 0 aliphatic rings. The number of carbonyl (C=O) groups excluding carboxylic acids is 1. The molecule has 0 aliphatic heterocycles. The number of benzene rings is 2. The van der Waals surface area contributed by atoms with Gasteiger partial charge in [-0.3, -0.25) is 9.59 Å². The molecule has 144 valence electrons. The number of sulfone groups is 1. The lowest BCUT2D eigenvalue weighted by Gasteiger charge is -2.26. The fourth-order valence-electron chi connectivity index (χ4n) is 2.77. The molecule has 0 radical (unpaired) electrons. The van der Waals surface area contributed by atoms with Gasteiger partial charge in [-0.05, 0) is 36.6 Å². The number of nitrogens with one attached hydrogen (secondary N) is 1.